The molecule has 1 aromatic carbocycles. The van der Waals surface area contributed by atoms with Gasteiger partial charge in [-0.1, -0.05) is 18.6 Å². The number of aromatic nitrogens is 1. The number of H-pyrrole nitrogens is 1. The minimum Gasteiger partial charge on any atom is -0.506 e. The van der Waals surface area contributed by atoms with E-state index in [-0.39, 0.29) is 17.6 Å². The van der Waals surface area contributed by atoms with Crippen LogP contribution in [0.5, 0.6) is 5.75 Å². The van der Waals surface area contributed by atoms with Crippen LogP contribution >= 0.6 is 0 Å². The van der Waals surface area contributed by atoms with Gasteiger partial charge in [-0.3, -0.25) is 9.59 Å². The van der Waals surface area contributed by atoms with Gasteiger partial charge in [-0.2, -0.15) is 5.10 Å². The molecule has 0 saturated carbocycles. The number of carbonyl (C=O) groups excluding carboxylic acids is 2. The Balaban J connectivity index is 1.54. The largest absolute Gasteiger partial charge is 0.506 e. The molecule has 1 heterocycles. The number of rotatable bonds is 9. The van der Waals surface area contributed by atoms with E-state index >= 15 is 0 Å². The van der Waals surface area contributed by atoms with Gasteiger partial charge in [-0.05, 0) is 37.1 Å². The predicted octanol–water partition coefficient (Wildman–Crippen LogP) is 2.76. The van der Waals surface area contributed by atoms with E-state index in [4.69, 9.17) is 0 Å². The summed E-state index contributed by atoms with van der Waals surface area (Å²) in [4.78, 5) is 26.3. The zero-order valence-corrected chi connectivity index (χ0v) is 13.9. The van der Waals surface area contributed by atoms with Crippen LogP contribution in [-0.4, -0.2) is 28.1 Å². The molecule has 0 aliphatic carbocycles. The van der Waals surface area contributed by atoms with Crippen LogP contribution in [0.1, 0.15) is 37.8 Å². The number of hydrogen-bond acceptors (Lipinski definition) is 4. The Bertz CT molecular complexity index is 711. The average molecular weight is 342 g/mol. The van der Waals surface area contributed by atoms with Crippen LogP contribution in [0.15, 0.2) is 47.7 Å². The zero-order chi connectivity index (χ0) is 17.9. The van der Waals surface area contributed by atoms with Crippen LogP contribution in [0.4, 0.5) is 5.69 Å². The second-order valence-electron chi connectivity index (χ2n) is 5.54. The summed E-state index contributed by atoms with van der Waals surface area (Å²) in [5.74, 6) is -0.254. The lowest BCUT2D eigenvalue weighted by Gasteiger charge is -2.06. The van der Waals surface area contributed by atoms with Gasteiger partial charge >= 0.3 is 0 Å². The van der Waals surface area contributed by atoms with Crippen molar-refractivity contribution in [1.82, 2.24) is 10.4 Å². The highest BCUT2D eigenvalue weighted by molar-refractivity contribution is 5.92. The normalized spacial score (nSPS) is 10.7. The Morgan fingerprint density at radius 3 is 2.52 bits per heavy atom. The Hall–Kier alpha value is -3.09. The van der Waals surface area contributed by atoms with Gasteiger partial charge in [0.05, 0.1) is 17.6 Å². The second-order valence-corrected chi connectivity index (χ2v) is 5.54. The minimum atomic E-state index is -0.151. The number of carbonyl (C=O) groups is 2. The molecular formula is C18H22N4O3. The summed E-state index contributed by atoms with van der Waals surface area (Å²) in [5.41, 5.74) is 3.69. The Labute approximate surface area is 146 Å². The number of hydrogen-bond donors (Lipinski definition) is 4. The Morgan fingerprint density at radius 2 is 1.80 bits per heavy atom. The van der Waals surface area contributed by atoms with Crippen LogP contribution < -0.4 is 10.7 Å². The summed E-state index contributed by atoms with van der Waals surface area (Å²) in [5, 5.41) is 16.1. The van der Waals surface area contributed by atoms with E-state index in [0.717, 1.165) is 12.1 Å². The van der Waals surface area contributed by atoms with Crippen molar-refractivity contribution in [3.05, 3.63) is 48.3 Å². The van der Waals surface area contributed by atoms with Gasteiger partial charge < -0.3 is 15.4 Å². The molecule has 2 aromatic rings. The standard InChI is InChI=1S/C18H22N4O3/c23-16-9-5-4-8-15(16)21-17(24)10-2-1-3-11-18(25)22-20-13-14-7-6-12-19-14/h4-9,12-13,19,23H,1-3,10-11H2,(H,21,24)(H,22,25)/b20-13+. The van der Waals surface area contributed by atoms with E-state index in [1.165, 1.54) is 6.07 Å². The Kier molecular flexibility index (Phi) is 7.24. The molecule has 7 heteroatoms. The molecule has 2 amide bonds. The quantitative estimate of drug-likeness (QED) is 0.244. The number of nitrogens with one attached hydrogen (secondary N) is 3. The lowest BCUT2D eigenvalue weighted by Crippen LogP contribution is -2.17. The molecule has 4 N–H and O–H groups in total. The maximum Gasteiger partial charge on any atom is 0.240 e. The first-order valence-corrected chi connectivity index (χ1v) is 8.18. The van der Waals surface area contributed by atoms with Crippen LogP contribution in [-0.2, 0) is 9.59 Å². The average Bonchev–Trinajstić information content (AvgIpc) is 3.10. The number of hydrazone groups is 1. The van der Waals surface area contributed by atoms with Gasteiger partial charge in [0.25, 0.3) is 0 Å². The van der Waals surface area contributed by atoms with Crippen molar-refractivity contribution in [1.29, 1.82) is 0 Å². The molecule has 0 saturated heterocycles. The molecule has 25 heavy (non-hydrogen) atoms. The summed E-state index contributed by atoms with van der Waals surface area (Å²) in [6, 6.07) is 10.3. The number of aromatic amines is 1. The fourth-order valence-electron chi connectivity index (χ4n) is 2.19. The highest BCUT2D eigenvalue weighted by Crippen LogP contribution is 2.21. The van der Waals surface area contributed by atoms with Gasteiger partial charge in [-0.25, -0.2) is 5.43 Å². The van der Waals surface area contributed by atoms with Crippen molar-refractivity contribution in [3.63, 3.8) is 0 Å². The van der Waals surface area contributed by atoms with E-state index in [9.17, 15) is 14.7 Å². The van der Waals surface area contributed by atoms with Gasteiger partial charge in [0.1, 0.15) is 5.75 Å². The predicted molar refractivity (Wildman–Crippen MR) is 96.4 cm³/mol. The SMILES string of the molecule is O=C(CCCCCC(=O)Nc1ccccc1O)N/N=C/c1ccc[nH]1. The van der Waals surface area contributed by atoms with Crippen molar-refractivity contribution in [2.24, 2.45) is 5.10 Å². The smallest absolute Gasteiger partial charge is 0.240 e. The fraction of sp³-hybridized carbons (Fsp3) is 0.278. The van der Waals surface area contributed by atoms with E-state index in [2.05, 4.69) is 20.8 Å². The van der Waals surface area contributed by atoms with Gasteiger partial charge in [0.2, 0.25) is 11.8 Å². The lowest BCUT2D eigenvalue weighted by atomic mass is 10.1. The number of phenolic OH excluding ortho intramolecular Hbond substituents is 1. The van der Waals surface area contributed by atoms with E-state index in [1.807, 2.05) is 12.1 Å². The number of unbranched alkanes of at least 4 members (excludes halogenated alkanes) is 2. The summed E-state index contributed by atoms with van der Waals surface area (Å²) in [7, 11) is 0. The van der Waals surface area contributed by atoms with Crippen molar-refractivity contribution < 1.29 is 14.7 Å². The molecule has 0 atom stereocenters. The highest BCUT2D eigenvalue weighted by Gasteiger charge is 2.06. The number of anilines is 1. The molecule has 0 bridgehead atoms. The number of amides is 2. The van der Waals surface area contributed by atoms with Crippen LogP contribution in [0, 0.1) is 0 Å². The zero-order valence-electron chi connectivity index (χ0n) is 13.9. The number of nitrogens with zero attached hydrogens (tertiary/aromatic N) is 1. The molecule has 7 nitrogen and oxygen atoms in total. The van der Waals surface area contributed by atoms with Crippen LogP contribution in [0.3, 0.4) is 0 Å². The third-order valence-corrected chi connectivity index (χ3v) is 3.50. The van der Waals surface area contributed by atoms with Crippen molar-refractivity contribution in [2.45, 2.75) is 32.1 Å². The first-order valence-electron chi connectivity index (χ1n) is 8.18. The molecule has 0 unspecified atom stereocenters. The highest BCUT2D eigenvalue weighted by atomic mass is 16.3. The summed E-state index contributed by atoms with van der Waals surface area (Å²) in [6.45, 7) is 0. The van der Waals surface area contributed by atoms with Gasteiger partial charge in [-0.15, -0.1) is 0 Å². The van der Waals surface area contributed by atoms with E-state index in [0.29, 0.717) is 31.4 Å². The Morgan fingerprint density at radius 1 is 1.04 bits per heavy atom. The first kappa shape index (κ1) is 18.3. The third-order valence-electron chi connectivity index (χ3n) is 3.50. The molecular weight excluding hydrogens is 320 g/mol. The maximum atomic E-state index is 11.8. The minimum absolute atomic E-state index is 0.0485. The molecule has 0 radical (unpaired) electrons. The molecule has 132 valence electrons. The van der Waals surface area contributed by atoms with Crippen molar-refractivity contribution in [3.8, 4) is 5.75 Å². The van der Waals surface area contributed by atoms with E-state index < -0.39 is 0 Å². The molecule has 0 aliphatic heterocycles. The fourth-order valence-corrected chi connectivity index (χ4v) is 2.19. The van der Waals surface area contributed by atoms with Crippen LogP contribution in [0.25, 0.3) is 0 Å². The first-order chi connectivity index (χ1) is 12.1. The number of benzene rings is 1. The monoisotopic (exact) mass is 342 g/mol. The second kappa shape index (κ2) is 9.92. The molecule has 0 fully saturated rings. The molecule has 0 aliphatic rings. The third kappa shape index (κ3) is 6.90. The number of phenols is 1. The molecule has 2 rings (SSSR count). The summed E-state index contributed by atoms with van der Waals surface area (Å²) in [6.07, 6.45) is 6.16. The molecule has 0 spiro atoms. The van der Waals surface area contributed by atoms with Crippen molar-refractivity contribution in [2.75, 3.05) is 5.32 Å². The van der Waals surface area contributed by atoms with Crippen LogP contribution in [0.2, 0.25) is 0 Å². The van der Waals surface area contributed by atoms with E-state index in [1.54, 1.807) is 30.6 Å². The van der Waals surface area contributed by atoms with Crippen molar-refractivity contribution >= 4 is 23.7 Å². The van der Waals surface area contributed by atoms with Gasteiger partial charge in [0.15, 0.2) is 0 Å². The summed E-state index contributed by atoms with van der Waals surface area (Å²) < 4.78 is 0. The van der Waals surface area contributed by atoms with Gasteiger partial charge in [0, 0.05) is 19.0 Å². The topological polar surface area (TPSA) is 107 Å². The summed E-state index contributed by atoms with van der Waals surface area (Å²) >= 11 is 0. The number of aromatic hydroxyl groups is 1. The maximum absolute atomic E-state index is 11.8. The molecule has 1 aromatic heterocycles. The lowest BCUT2D eigenvalue weighted by molar-refractivity contribution is -0.121. The number of para-hydroxylation sites is 2.